The van der Waals surface area contributed by atoms with E-state index in [1.54, 1.807) is 18.2 Å². The summed E-state index contributed by atoms with van der Waals surface area (Å²) in [5, 5.41) is 19.5. The number of phenolic OH excluding ortho intramolecular Hbond substituents is 1. The summed E-state index contributed by atoms with van der Waals surface area (Å²) in [4.78, 5) is 17.2. The minimum absolute atomic E-state index is 0.0106. The van der Waals surface area contributed by atoms with Gasteiger partial charge in [0.2, 0.25) is 11.2 Å². The van der Waals surface area contributed by atoms with E-state index >= 15 is 0 Å². The molecule has 1 saturated heterocycles. The molecule has 4 rings (SSSR count). The van der Waals surface area contributed by atoms with Crippen LogP contribution in [0.2, 0.25) is 0 Å². The number of piperazine rings is 1. The summed E-state index contributed by atoms with van der Waals surface area (Å²) < 4.78 is 47.1. The molecule has 0 radical (unpaired) electrons. The Morgan fingerprint density at radius 1 is 0.969 bits per heavy atom. The van der Waals surface area contributed by atoms with E-state index in [0.717, 1.165) is 0 Å². The predicted molar refractivity (Wildman–Crippen MR) is 113 cm³/mol. The molecule has 2 aromatic carbocycles. The van der Waals surface area contributed by atoms with Gasteiger partial charge in [-0.25, -0.2) is 0 Å². The van der Waals surface area contributed by atoms with Gasteiger partial charge in [-0.15, -0.1) is 0 Å². The molecule has 0 unspecified atom stereocenters. The molecule has 1 aliphatic rings. The van der Waals surface area contributed by atoms with Crippen LogP contribution in [0.5, 0.6) is 5.75 Å². The highest BCUT2D eigenvalue weighted by atomic mass is 19.4. The third-order valence-electron chi connectivity index (χ3n) is 5.72. The first-order chi connectivity index (χ1) is 15.3. The van der Waals surface area contributed by atoms with Crippen LogP contribution in [0.4, 0.5) is 13.2 Å². The van der Waals surface area contributed by atoms with Crippen molar-refractivity contribution in [3.63, 3.8) is 0 Å². The first-order valence-electron chi connectivity index (χ1n) is 10.3. The first-order valence-corrected chi connectivity index (χ1v) is 10.3. The largest absolute Gasteiger partial charge is 0.507 e. The Morgan fingerprint density at radius 2 is 1.62 bits per heavy atom. The second kappa shape index (κ2) is 8.93. The number of alkyl halides is 3. The van der Waals surface area contributed by atoms with Crippen LogP contribution in [0.1, 0.15) is 11.3 Å². The van der Waals surface area contributed by atoms with Crippen LogP contribution < -0.4 is 5.43 Å². The van der Waals surface area contributed by atoms with E-state index in [-0.39, 0.29) is 41.0 Å². The van der Waals surface area contributed by atoms with Crippen molar-refractivity contribution in [3.8, 4) is 16.9 Å². The molecule has 0 bridgehead atoms. The molecule has 1 aliphatic heterocycles. The van der Waals surface area contributed by atoms with Crippen LogP contribution in [0, 0.1) is 0 Å². The number of fused-ring (bicyclic) bond motifs is 1. The number of β-amino-alcohol motifs (C(OH)–C–C–N with tert-alkyl or cyclic N) is 1. The first kappa shape index (κ1) is 22.3. The van der Waals surface area contributed by atoms with E-state index < -0.39 is 22.9 Å². The Labute approximate surface area is 182 Å². The summed E-state index contributed by atoms with van der Waals surface area (Å²) in [7, 11) is 0. The van der Waals surface area contributed by atoms with Gasteiger partial charge in [0.05, 0.1) is 23.1 Å². The van der Waals surface area contributed by atoms with Gasteiger partial charge >= 0.3 is 6.18 Å². The average molecular weight is 448 g/mol. The molecule has 0 atom stereocenters. The lowest BCUT2D eigenvalue weighted by Crippen LogP contribution is -2.46. The zero-order valence-electron chi connectivity index (χ0n) is 17.2. The molecule has 2 N–H and O–H groups in total. The van der Waals surface area contributed by atoms with Crippen LogP contribution in [0.15, 0.2) is 51.7 Å². The third-order valence-corrected chi connectivity index (χ3v) is 5.72. The summed E-state index contributed by atoms with van der Waals surface area (Å²) >= 11 is 0. The van der Waals surface area contributed by atoms with Gasteiger partial charge in [0.25, 0.3) is 0 Å². The zero-order valence-corrected chi connectivity index (χ0v) is 17.2. The third kappa shape index (κ3) is 4.36. The highest BCUT2D eigenvalue weighted by Crippen LogP contribution is 2.39. The summed E-state index contributed by atoms with van der Waals surface area (Å²) in [6.45, 7) is 3.33. The lowest BCUT2D eigenvalue weighted by atomic mass is 10.00. The average Bonchev–Trinajstić information content (AvgIpc) is 2.77. The fourth-order valence-electron chi connectivity index (χ4n) is 4.06. The molecular weight excluding hydrogens is 425 g/mol. The van der Waals surface area contributed by atoms with E-state index in [1.165, 1.54) is 24.3 Å². The molecule has 6 nitrogen and oxygen atoms in total. The van der Waals surface area contributed by atoms with E-state index in [2.05, 4.69) is 4.90 Å². The quantitative estimate of drug-likeness (QED) is 0.624. The van der Waals surface area contributed by atoms with E-state index in [1.807, 2.05) is 4.90 Å². The number of rotatable bonds is 5. The Morgan fingerprint density at radius 3 is 2.25 bits per heavy atom. The minimum atomic E-state index is -4.89. The van der Waals surface area contributed by atoms with Crippen molar-refractivity contribution in [1.29, 1.82) is 0 Å². The number of aliphatic hydroxyl groups is 1. The van der Waals surface area contributed by atoms with Gasteiger partial charge in [-0.2, -0.15) is 13.2 Å². The highest BCUT2D eigenvalue weighted by Gasteiger charge is 2.39. The number of halogens is 3. The number of hydrogen-bond acceptors (Lipinski definition) is 6. The second-order valence-electron chi connectivity index (χ2n) is 7.78. The maximum atomic E-state index is 13.9. The van der Waals surface area contributed by atoms with Gasteiger partial charge in [-0.1, -0.05) is 30.3 Å². The van der Waals surface area contributed by atoms with Gasteiger partial charge < -0.3 is 14.6 Å². The molecule has 3 aromatic rings. The van der Waals surface area contributed by atoms with Crippen LogP contribution in [0.3, 0.4) is 0 Å². The van der Waals surface area contributed by atoms with Crippen LogP contribution >= 0.6 is 0 Å². The topological polar surface area (TPSA) is 77.2 Å². The molecule has 0 saturated carbocycles. The monoisotopic (exact) mass is 448 g/mol. The lowest BCUT2D eigenvalue weighted by Gasteiger charge is -2.34. The smallest absolute Gasteiger partial charge is 0.450 e. The van der Waals surface area contributed by atoms with E-state index in [0.29, 0.717) is 32.7 Å². The Kier molecular flexibility index (Phi) is 6.23. The summed E-state index contributed by atoms with van der Waals surface area (Å²) in [6, 6.07) is 10.2. The molecule has 0 spiro atoms. The molecule has 2 heterocycles. The Bertz CT molecular complexity index is 1150. The maximum Gasteiger partial charge on any atom is 0.450 e. The standard InChI is InChI=1S/C23H23F3N2O4/c24-23(25,26)22-19(15-4-2-1-3-5-15)20(31)16-6-7-18(30)17(21(16)32-22)14-28-10-8-27(9-11-28)12-13-29/h1-7,29-30H,8-14H2. The zero-order chi connectivity index (χ0) is 22.9. The van der Waals surface area contributed by atoms with Crippen molar-refractivity contribution in [2.75, 3.05) is 39.3 Å². The van der Waals surface area contributed by atoms with Crippen molar-refractivity contribution in [3.05, 3.63) is 64.0 Å². The molecule has 0 amide bonds. The molecule has 0 aliphatic carbocycles. The predicted octanol–water partition coefficient (Wildman–Crippen LogP) is 3.29. The number of nitrogens with zero attached hydrogens (tertiary/aromatic N) is 2. The number of phenols is 1. The maximum absolute atomic E-state index is 13.9. The summed E-state index contributed by atoms with van der Waals surface area (Å²) in [5.74, 6) is -1.60. The Hall–Kier alpha value is -2.88. The van der Waals surface area contributed by atoms with Crippen LogP contribution in [-0.2, 0) is 12.7 Å². The van der Waals surface area contributed by atoms with Gasteiger partial charge in [0, 0.05) is 39.3 Å². The van der Waals surface area contributed by atoms with Gasteiger partial charge in [-0.05, 0) is 17.7 Å². The van der Waals surface area contributed by atoms with E-state index in [9.17, 15) is 23.1 Å². The van der Waals surface area contributed by atoms with Crippen LogP contribution in [0.25, 0.3) is 22.1 Å². The fourth-order valence-corrected chi connectivity index (χ4v) is 4.06. The Balaban J connectivity index is 1.81. The SMILES string of the molecule is O=c1c(-c2ccccc2)c(C(F)(F)F)oc2c(CN3CCN(CCO)CC3)c(O)ccc12. The number of benzene rings is 2. The second-order valence-corrected chi connectivity index (χ2v) is 7.78. The van der Waals surface area contributed by atoms with Crippen LogP contribution in [-0.4, -0.2) is 59.3 Å². The number of hydrogen-bond donors (Lipinski definition) is 2. The summed E-state index contributed by atoms with van der Waals surface area (Å²) in [5.41, 5.74) is -1.32. The highest BCUT2D eigenvalue weighted by molar-refractivity contribution is 5.86. The molecule has 9 heteroatoms. The minimum Gasteiger partial charge on any atom is -0.507 e. The molecular formula is C23H23F3N2O4. The molecule has 1 fully saturated rings. The van der Waals surface area contributed by atoms with Crippen molar-refractivity contribution in [2.45, 2.75) is 12.7 Å². The molecule has 170 valence electrons. The summed E-state index contributed by atoms with van der Waals surface area (Å²) in [6.07, 6.45) is -4.89. The number of aliphatic hydroxyl groups excluding tert-OH is 1. The van der Waals surface area contributed by atoms with Crippen molar-refractivity contribution >= 4 is 11.0 Å². The lowest BCUT2D eigenvalue weighted by molar-refractivity contribution is -0.152. The fraction of sp³-hybridized carbons (Fsp3) is 0.348. The van der Waals surface area contributed by atoms with Crippen molar-refractivity contribution in [1.82, 2.24) is 9.80 Å². The normalized spacial score (nSPS) is 16.0. The molecule has 32 heavy (non-hydrogen) atoms. The molecule has 1 aromatic heterocycles. The van der Waals surface area contributed by atoms with Crippen molar-refractivity contribution in [2.24, 2.45) is 0 Å². The number of aromatic hydroxyl groups is 1. The van der Waals surface area contributed by atoms with E-state index in [4.69, 9.17) is 9.52 Å². The van der Waals surface area contributed by atoms with Gasteiger partial charge in [0.1, 0.15) is 11.3 Å². The van der Waals surface area contributed by atoms with Gasteiger partial charge in [-0.3, -0.25) is 14.6 Å². The van der Waals surface area contributed by atoms with Gasteiger partial charge in [0.15, 0.2) is 0 Å². The van der Waals surface area contributed by atoms with Crippen molar-refractivity contribution < 1.29 is 27.8 Å².